The smallest absolute Gasteiger partial charge is 0.180 e. The molecule has 0 fully saturated rings. The van der Waals surface area contributed by atoms with Crippen LogP contribution in [0.3, 0.4) is 0 Å². The van der Waals surface area contributed by atoms with Crippen molar-refractivity contribution in [3.8, 4) is 11.4 Å². The lowest BCUT2D eigenvalue weighted by Crippen LogP contribution is -1.92. The maximum absolute atomic E-state index is 13.2. The average molecular weight is 243 g/mol. The maximum atomic E-state index is 13.2. The molecule has 0 radical (unpaired) electrons. The van der Waals surface area contributed by atoms with Gasteiger partial charge in [0.2, 0.25) is 0 Å². The number of nitrogen functional groups attached to an aromatic ring is 2. The summed E-state index contributed by atoms with van der Waals surface area (Å²) in [7, 11) is 0. The van der Waals surface area contributed by atoms with Gasteiger partial charge in [0.25, 0.3) is 0 Å². The van der Waals surface area contributed by atoms with Crippen molar-refractivity contribution in [2.24, 2.45) is 0 Å². The van der Waals surface area contributed by atoms with Crippen LogP contribution in [0.25, 0.3) is 22.6 Å². The summed E-state index contributed by atoms with van der Waals surface area (Å²) in [5, 5.41) is 0. The number of aromatic amines is 1. The van der Waals surface area contributed by atoms with Crippen molar-refractivity contribution in [3.05, 3.63) is 36.1 Å². The largest absolute Gasteiger partial charge is 0.398 e. The zero-order chi connectivity index (χ0) is 12.7. The molecule has 0 aliphatic rings. The van der Waals surface area contributed by atoms with Gasteiger partial charge in [-0.05, 0) is 30.3 Å². The quantitative estimate of drug-likeness (QED) is 0.569. The summed E-state index contributed by atoms with van der Waals surface area (Å²) in [5.74, 6) is 0.486. The minimum absolute atomic E-state index is 0.368. The number of fused-ring (bicyclic) bond motifs is 1. The van der Waals surface area contributed by atoms with Crippen LogP contribution in [0.1, 0.15) is 0 Å². The summed E-state index contributed by atoms with van der Waals surface area (Å²) in [6.45, 7) is 0. The molecule has 0 saturated carbocycles. The number of aromatic nitrogens is 3. The van der Waals surface area contributed by atoms with Crippen LogP contribution in [0, 0.1) is 5.82 Å². The van der Waals surface area contributed by atoms with Crippen molar-refractivity contribution < 1.29 is 4.39 Å². The fraction of sp³-hybridized carbons (Fsp3) is 0. The number of nitrogens with one attached hydrogen (secondary N) is 1. The molecule has 0 spiro atoms. The zero-order valence-corrected chi connectivity index (χ0v) is 9.31. The Bertz CT molecular complexity index is 734. The lowest BCUT2D eigenvalue weighted by atomic mass is 10.1. The van der Waals surface area contributed by atoms with Gasteiger partial charge in [0.15, 0.2) is 5.65 Å². The summed E-state index contributed by atoms with van der Waals surface area (Å²) in [6.07, 6.45) is 0. The standard InChI is InChI=1S/C12H10FN5/c13-6-1-2-8(14)7(5-6)11-16-9-3-4-10(15)17-12(9)18-11/h1-5H,14H2,(H3,15,16,17,18). The second kappa shape index (κ2) is 3.69. The van der Waals surface area contributed by atoms with E-state index in [1.807, 2.05) is 0 Å². The molecule has 0 atom stereocenters. The Kier molecular flexibility index (Phi) is 2.16. The maximum Gasteiger partial charge on any atom is 0.180 e. The molecule has 18 heavy (non-hydrogen) atoms. The molecule has 2 heterocycles. The van der Waals surface area contributed by atoms with E-state index in [1.165, 1.54) is 18.2 Å². The number of halogens is 1. The van der Waals surface area contributed by atoms with Crippen molar-refractivity contribution in [2.45, 2.75) is 0 Å². The van der Waals surface area contributed by atoms with Crippen LogP contribution in [-0.4, -0.2) is 15.0 Å². The van der Waals surface area contributed by atoms with Gasteiger partial charge in [-0.3, -0.25) is 0 Å². The number of imidazole rings is 1. The Morgan fingerprint density at radius 2 is 1.89 bits per heavy atom. The van der Waals surface area contributed by atoms with E-state index in [0.29, 0.717) is 28.5 Å². The molecule has 3 aromatic rings. The van der Waals surface area contributed by atoms with Gasteiger partial charge in [-0.2, -0.15) is 0 Å². The number of anilines is 2. The van der Waals surface area contributed by atoms with Crippen molar-refractivity contribution in [1.29, 1.82) is 0 Å². The Hall–Kier alpha value is -2.63. The average Bonchev–Trinajstić information content (AvgIpc) is 2.74. The highest BCUT2D eigenvalue weighted by molar-refractivity contribution is 5.80. The molecular weight excluding hydrogens is 233 g/mol. The van der Waals surface area contributed by atoms with Crippen LogP contribution >= 0.6 is 0 Å². The summed E-state index contributed by atoms with van der Waals surface area (Å²) in [6, 6.07) is 7.57. The second-order valence-electron chi connectivity index (χ2n) is 3.92. The van der Waals surface area contributed by atoms with E-state index >= 15 is 0 Å². The van der Waals surface area contributed by atoms with E-state index in [9.17, 15) is 4.39 Å². The number of hydrogen-bond donors (Lipinski definition) is 3. The molecule has 90 valence electrons. The molecule has 1 aromatic carbocycles. The lowest BCUT2D eigenvalue weighted by Gasteiger charge is -2.01. The Balaban J connectivity index is 2.22. The molecule has 5 N–H and O–H groups in total. The third-order valence-electron chi connectivity index (χ3n) is 2.64. The molecule has 6 heteroatoms. The molecule has 0 amide bonds. The van der Waals surface area contributed by atoms with Crippen LogP contribution in [0.15, 0.2) is 30.3 Å². The summed E-state index contributed by atoms with van der Waals surface area (Å²) < 4.78 is 13.2. The number of hydrogen-bond acceptors (Lipinski definition) is 4. The molecule has 0 saturated heterocycles. The number of benzene rings is 1. The van der Waals surface area contributed by atoms with Crippen LogP contribution in [0.5, 0.6) is 0 Å². The number of H-pyrrole nitrogens is 1. The molecule has 0 aliphatic carbocycles. The van der Waals surface area contributed by atoms with Gasteiger partial charge in [-0.15, -0.1) is 0 Å². The van der Waals surface area contributed by atoms with Gasteiger partial charge in [0, 0.05) is 11.3 Å². The first-order chi connectivity index (χ1) is 8.63. The van der Waals surface area contributed by atoms with E-state index in [-0.39, 0.29) is 5.82 Å². The number of nitrogens with two attached hydrogens (primary N) is 2. The van der Waals surface area contributed by atoms with E-state index in [1.54, 1.807) is 12.1 Å². The van der Waals surface area contributed by atoms with Crippen molar-refractivity contribution in [2.75, 3.05) is 11.5 Å². The third-order valence-corrected chi connectivity index (χ3v) is 2.64. The summed E-state index contributed by atoms with van der Waals surface area (Å²) in [4.78, 5) is 11.4. The first-order valence-electron chi connectivity index (χ1n) is 5.31. The third kappa shape index (κ3) is 1.64. The predicted octanol–water partition coefficient (Wildman–Crippen LogP) is 1.93. The summed E-state index contributed by atoms with van der Waals surface area (Å²) >= 11 is 0. The second-order valence-corrected chi connectivity index (χ2v) is 3.92. The van der Waals surface area contributed by atoms with Crippen LogP contribution in [0.4, 0.5) is 15.9 Å². The minimum Gasteiger partial charge on any atom is -0.398 e. The zero-order valence-electron chi connectivity index (χ0n) is 9.31. The minimum atomic E-state index is -0.368. The van der Waals surface area contributed by atoms with Gasteiger partial charge >= 0.3 is 0 Å². The highest BCUT2D eigenvalue weighted by Gasteiger charge is 2.10. The topological polar surface area (TPSA) is 93.6 Å². The highest BCUT2D eigenvalue weighted by Crippen LogP contribution is 2.26. The van der Waals surface area contributed by atoms with Crippen molar-refractivity contribution >= 4 is 22.7 Å². The Morgan fingerprint density at radius 1 is 1.06 bits per heavy atom. The summed E-state index contributed by atoms with van der Waals surface area (Å²) in [5.41, 5.74) is 13.5. The fourth-order valence-corrected chi connectivity index (χ4v) is 1.77. The van der Waals surface area contributed by atoms with E-state index in [2.05, 4.69) is 15.0 Å². The fourth-order valence-electron chi connectivity index (χ4n) is 1.77. The highest BCUT2D eigenvalue weighted by atomic mass is 19.1. The Morgan fingerprint density at radius 3 is 2.72 bits per heavy atom. The van der Waals surface area contributed by atoms with Crippen LogP contribution in [0.2, 0.25) is 0 Å². The van der Waals surface area contributed by atoms with E-state index in [0.717, 1.165) is 5.52 Å². The molecule has 0 bridgehead atoms. The van der Waals surface area contributed by atoms with Gasteiger partial charge in [0.05, 0.1) is 5.52 Å². The number of pyridine rings is 1. The van der Waals surface area contributed by atoms with Gasteiger partial charge in [-0.25, -0.2) is 14.4 Å². The predicted molar refractivity (Wildman–Crippen MR) is 68.1 cm³/mol. The first kappa shape index (κ1) is 10.5. The Labute approximate surface area is 102 Å². The van der Waals surface area contributed by atoms with Gasteiger partial charge < -0.3 is 16.5 Å². The van der Waals surface area contributed by atoms with E-state index < -0.39 is 0 Å². The molecule has 2 aromatic heterocycles. The van der Waals surface area contributed by atoms with Crippen LogP contribution < -0.4 is 11.5 Å². The van der Waals surface area contributed by atoms with Gasteiger partial charge in [-0.1, -0.05) is 0 Å². The van der Waals surface area contributed by atoms with Crippen molar-refractivity contribution in [3.63, 3.8) is 0 Å². The van der Waals surface area contributed by atoms with Crippen molar-refractivity contribution in [1.82, 2.24) is 15.0 Å². The molecule has 3 rings (SSSR count). The first-order valence-corrected chi connectivity index (χ1v) is 5.31. The lowest BCUT2D eigenvalue weighted by molar-refractivity contribution is 0.628. The number of nitrogens with zero attached hydrogens (tertiary/aromatic N) is 2. The molecule has 0 aliphatic heterocycles. The number of rotatable bonds is 1. The van der Waals surface area contributed by atoms with Crippen LogP contribution in [-0.2, 0) is 0 Å². The van der Waals surface area contributed by atoms with Gasteiger partial charge in [0.1, 0.15) is 17.5 Å². The SMILES string of the molecule is Nc1ccc2[nH]c(-c3cc(F)ccc3N)nc2n1. The molecule has 0 unspecified atom stereocenters. The van der Waals surface area contributed by atoms with E-state index in [4.69, 9.17) is 11.5 Å². The normalized spacial score (nSPS) is 10.9. The monoisotopic (exact) mass is 243 g/mol. The molecule has 5 nitrogen and oxygen atoms in total. The molecular formula is C12H10FN5.